The fourth-order valence-corrected chi connectivity index (χ4v) is 3.54. The molecule has 3 rings (SSSR count). The van der Waals surface area contributed by atoms with Gasteiger partial charge in [-0.25, -0.2) is 0 Å². The van der Waals surface area contributed by atoms with Crippen LogP contribution in [-0.4, -0.2) is 12.5 Å². The van der Waals surface area contributed by atoms with Gasteiger partial charge in [-0.05, 0) is 60.0 Å². The molecule has 5 nitrogen and oxygen atoms in total. The van der Waals surface area contributed by atoms with E-state index in [0.29, 0.717) is 29.9 Å². The second-order valence-electron chi connectivity index (χ2n) is 7.47. The molecule has 7 N–H and O–H groups in total. The fraction of sp³-hybridized carbons (Fsp3) is 0.208. The lowest BCUT2D eigenvalue weighted by Crippen LogP contribution is -2.24. The van der Waals surface area contributed by atoms with Gasteiger partial charge in [-0.1, -0.05) is 42.5 Å². The Morgan fingerprint density at radius 2 is 1.62 bits per heavy atom. The lowest BCUT2D eigenvalue weighted by Gasteiger charge is -2.20. The van der Waals surface area contributed by atoms with E-state index in [1.807, 2.05) is 30.3 Å². The molecule has 2 atom stereocenters. The Balaban J connectivity index is 1.86. The number of hydrogen-bond donors (Lipinski definition) is 4. The van der Waals surface area contributed by atoms with Gasteiger partial charge >= 0.3 is 6.18 Å². The highest BCUT2D eigenvalue weighted by Gasteiger charge is 2.31. The van der Waals surface area contributed by atoms with Crippen LogP contribution in [0.1, 0.15) is 40.6 Å². The predicted molar refractivity (Wildman–Crippen MR) is 120 cm³/mol. The van der Waals surface area contributed by atoms with Crippen molar-refractivity contribution < 1.29 is 18.0 Å². The highest BCUT2D eigenvalue weighted by molar-refractivity contribution is 5.96. The van der Waals surface area contributed by atoms with Crippen LogP contribution in [0.15, 0.2) is 72.8 Å². The fourth-order valence-electron chi connectivity index (χ4n) is 3.54. The number of amides is 1. The molecule has 0 spiro atoms. The largest absolute Gasteiger partial charge is 0.416 e. The van der Waals surface area contributed by atoms with Gasteiger partial charge in [0.1, 0.15) is 0 Å². The Kier molecular flexibility index (Phi) is 7.17. The third-order valence-electron chi connectivity index (χ3n) is 5.24. The van der Waals surface area contributed by atoms with Crippen LogP contribution >= 0.6 is 0 Å². The monoisotopic (exact) mass is 442 g/mol. The molecule has 0 aliphatic rings. The highest BCUT2D eigenvalue weighted by Crippen LogP contribution is 2.33. The number of carbonyl (C=O) groups excluding carboxylic acids is 1. The van der Waals surface area contributed by atoms with Crippen LogP contribution in [0.5, 0.6) is 0 Å². The first kappa shape index (κ1) is 23.3. The van der Waals surface area contributed by atoms with E-state index < -0.39 is 23.7 Å². The van der Waals surface area contributed by atoms with Crippen LogP contribution in [0, 0.1) is 0 Å². The average molecular weight is 442 g/mol. The van der Waals surface area contributed by atoms with Gasteiger partial charge in [-0.15, -0.1) is 0 Å². The predicted octanol–water partition coefficient (Wildman–Crippen LogP) is 4.41. The number of nitrogen functional groups attached to an aromatic ring is 1. The Morgan fingerprint density at radius 1 is 0.938 bits per heavy atom. The zero-order valence-electron chi connectivity index (χ0n) is 17.3. The van der Waals surface area contributed by atoms with Gasteiger partial charge in [0.2, 0.25) is 5.91 Å². The molecule has 3 aromatic rings. The Morgan fingerprint density at radius 3 is 2.28 bits per heavy atom. The van der Waals surface area contributed by atoms with Gasteiger partial charge < -0.3 is 22.5 Å². The molecule has 0 radical (unpaired) electrons. The quantitative estimate of drug-likeness (QED) is 0.407. The van der Waals surface area contributed by atoms with E-state index in [-0.39, 0.29) is 11.5 Å². The first-order valence-electron chi connectivity index (χ1n) is 10.1. The molecule has 0 fully saturated rings. The van der Waals surface area contributed by atoms with Gasteiger partial charge in [-0.3, -0.25) is 4.79 Å². The summed E-state index contributed by atoms with van der Waals surface area (Å²) >= 11 is 0. The Bertz CT molecular complexity index is 1070. The second-order valence-corrected chi connectivity index (χ2v) is 7.47. The molecule has 1 amide bonds. The molecule has 2 unspecified atom stereocenters. The number of hydrogen-bond acceptors (Lipinski definition) is 4. The normalized spacial score (nSPS) is 13.4. The molecule has 0 heterocycles. The minimum atomic E-state index is -4.48. The summed E-state index contributed by atoms with van der Waals surface area (Å²) in [5.74, 6) is -0.690. The molecule has 0 aliphatic heterocycles. The first-order valence-corrected chi connectivity index (χ1v) is 10.1. The zero-order valence-corrected chi connectivity index (χ0v) is 17.3. The molecule has 3 aromatic carbocycles. The molecule has 0 bridgehead atoms. The van der Waals surface area contributed by atoms with Gasteiger partial charge in [0.05, 0.1) is 17.5 Å². The molecular weight excluding hydrogens is 417 g/mol. The second kappa shape index (κ2) is 9.84. The van der Waals surface area contributed by atoms with Crippen molar-refractivity contribution in [2.45, 2.75) is 24.6 Å². The smallest absolute Gasteiger partial charge is 0.398 e. The van der Waals surface area contributed by atoms with Crippen molar-refractivity contribution in [1.29, 1.82) is 0 Å². The van der Waals surface area contributed by atoms with Crippen molar-refractivity contribution in [3.8, 4) is 0 Å². The molecule has 32 heavy (non-hydrogen) atoms. The first-order chi connectivity index (χ1) is 15.2. The van der Waals surface area contributed by atoms with Crippen LogP contribution in [0.25, 0.3) is 0 Å². The Labute approximate surface area is 184 Å². The lowest BCUT2D eigenvalue weighted by molar-refractivity contribution is -0.137. The summed E-state index contributed by atoms with van der Waals surface area (Å²) in [5, 5.41) is 2.85. The summed E-state index contributed by atoms with van der Waals surface area (Å²) in [6.45, 7) is 0.334. The standard InChI is InChI=1S/C24H25F3N4O/c25-24(26,27)17-8-4-7-16(13-17)22(30)20-14-18(9-10-21(20)29)31-23(32)19(11-12-28)15-5-2-1-3-6-15/h1-10,13-14,19,22H,11-12,28-30H2,(H,31,32). The zero-order chi connectivity index (χ0) is 23.3. The van der Waals surface area contributed by atoms with Gasteiger partial charge in [0.15, 0.2) is 0 Å². The van der Waals surface area contributed by atoms with Gasteiger partial charge in [-0.2, -0.15) is 13.2 Å². The number of halogens is 3. The summed E-state index contributed by atoms with van der Waals surface area (Å²) < 4.78 is 39.2. The van der Waals surface area contributed by atoms with Gasteiger partial charge in [0, 0.05) is 11.4 Å². The maximum Gasteiger partial charge on any atom is 0.416 e. The minimum absolute atomic E-state index is 0.245. The van der Waals surface area contributed by atoms with Crippen molar-refractivity contribution in [2.24, 2.45) is 11.5 Å². The third kappa shape index (κ3) is 5.46. The summed E-state index contributed by atoms with van der Waals surface area (Å²) in [6.07, 6.45) is -4.02. The van der Waals surface area contributed by atoms with Crippen molar-refractivity contribution >= 4 is 17.3 Å². The van der Waals surface area contributed by atoms with E-state index in [9.17, 15) is 18.0 Å². The van der Waals surface area contributed by atoms with E-state index in [0.717, 1.165) is 17.7 Å². The van der Waals surface area contributed by atoms with Crippen molar-refractivity contribution in [1.82, 2.24) is 0 Å². The Hall–Kier alpha value is -3.36. The van der Waals surface area contributed by atoms with Gasteiger partial charge in [0.25, 0.3) is 0 Å². The van der Waals surface area contributed by atoms with Crippen LogP contribution in [0.3, 0.4) is 0 Å². The van der Waals surface area contributed by atoms with Crippen LogP contribution in [0.2, 0.25) is 0 Å². The molecule has 0 saturated heterocycles. The summed E-state index contributed by atoms with van der Waals surface area (Å²) in [7, 11) is 0. The molecule has 8 heteroatoms. The number of nitrogens with one attached hydrogen (secondary N) is 1. The number of anilines is 2. The number of nitrogens with two attached hydrogens (primary N) is 3. The van der Waals surface area contributed by atoms with Crippen molar-refractivity contribution in [3.63, 3.8) is 0 Å². The molecule has 0 aliphatic carbocycles. The minimum Gasteiger partial charge on any atom is -0.398 e. The summed E-state index contributed by atoms with van der Waals surface area (Å²) in [5.41, 5.74) is 19.5. The topological polar surface area (TPSA) is 107 Å². The number of alkyl halides is 3. The lowest BCUT2D eigenvalue weighted by atomic mass is 9.94. The number of benzene rings is 3. The summed E-state index contributed by atoms with van der Waals surface area (Å²) in [6, 6.07) is 18.0. The van der Waals surface area contributed by atoms with Crippen molar-refractivity contribution in [3.05, 3.63) is 95.1 Å². The highest BCUT2D eigenvalue weighted by atomic mass is 19.4. The number of carbonyl (C=O) groups is 1. The molecule has 0 aromatic heterocycles. The SMILES string of the molecule is NCCC(C(=O)Nc1ccc(N)c(C(N)c2cccc(C(F)(F)F)c2)c1)c1ccccc1. The van der Waals surface area contributed by atoms with Crippen LogP contribution < -0.4 is 22.5 Å². The number of rotatable bonds is 7. The third-order valence-corrected chi connectivity index (χ3v) is 5.24. The van der Waals surface area contributed by atoms with Crippen molar-refractivity contribution in [2.75, 3.05) is 17.6 Å². The maximum atomic E-state index is 13.1. The van der Waals surface area contributed by atoms with E-state index in [1.54, 1.807) is 18.2 Å². The van der Waals surface area contributed by atoms with E-state index in [1.165, 1.54) is 12.1 Å². The average Bonchev–Trinajstić information content (AvgIpc) is 2.78. The molecular formula is C24H25F3N4O. The molecule has 0 saturated carbocycles. The maximum absolute atomic E-state index is 13.1. The molecule has 168 valence electrons. The van der Waals surface area contributed by atoms with E-state index in [4.69, 9.17) is 17.2 Å². The van der Waals surface area contributed by atoms with Crippen LogP contribution in [0.4, 0.5) is 24.5 Å². The summed E-state index contributed by atoms with van der Waals surface area (Å²) in [4.78, 5) is 12.9. The van der Waals surface area contributed by atoms with Crippen LogP contribution in [-0.2, 0) is 11.0 Å². The van der Waals surface area contributed by atoms with E-state index >= 15 is 0 Å². The van der Waals surface area contributed by atoms with E-state index in [2.05, 4.69) is 5.32 Å².